The predicted molar refractivity (Wildman–Crippen MR) is 100 cm³/mol. The van der Waals surface area contributed by atoms with Crippen molar-refractivity contribution in [2.75, 3.05) is 5.32 Å². The van der Waals surface area contributed by atoms with Gasteiger partial charge in [0.1, 0.15) is 11.2 Å². The van der Waals surface area contributed by atoms with E-state index in [0.717, 1.165) is 5.56 Å². The van der Waals surface area contributed by atoms with Crippen molar-refractivity contribution in [1.29, 1.82) is 5.41 Å². The molecule has 0 spiro atoms. The average Bonchev–Trinajstić information content (AvgIpc) is 2.42. The smallest absolute Gasteiger partial charge is 0.414 e. The van der Waals surface area contributed by atoms with E-state index in [1.54, 1.807) is 65.8 Å². The van der Waals surface area contributed by atoms with Gasteiger partial charge in [-0.1, -0.05) is 12.1 Å². The Morgan fingerprint density at radius 1 is 0.923 bits per heavy atom. The maximum absolute atomic E-state index is 11.7. The number of rotatable bonds is 3. The predicted octanol–water partition coefficient (Wildman–Crippen LogP) is 3.58. The number of carbonyl (C=O) groups is 2. The standard InChI is InChI=1S/C18H28N4O4/c1-17(2,3)25-15(23)21-13-9-7-12(8-10-13)11-20-14(19)22-16(24)26-18(4,5)6/h7-10H,11H2,1-6H3,(H,21,23)(H3,19,20,22,24). The van der Waals surface area contributed by atoms with E-state index in [-0.39, 0.29) is 5.96 Å². The third-order valence-electron chi connectivity index (χ3n) is 2.69. The lowest BCUT2D eigenvalue weighted by atomic mass is 10.2. The van der Waals surface area contributed by atoms with Gasteiger partial charge in [-0.15, -0.1) is 0 Å². The van der Waals surface area contributed by atoms with Crippen molar-refractivity contribution in [3.8, 4) is 0 Å². The SMILES string of the molecule is CC(C)(C)OC(=O)NC(=N)NCc1ccc(NC(=O)OC(C)(C)C)cc1. The number of benzene rings is 1. The quantitative estimate of drug-likeness (QED) is 0.484. The summed E-state index contributed by atoms with van der Waals surface area (Å²) in [5.41, 5.74) is 0.289. The minimum atomic E-state index is -0.688. The van der Waals surface area contributed by atoms with Gasteiger partial charge in [-0.25, -0.2) is 9.59 Å². The normalized spacial score (nSPS) is 11.3. The van der Waals surface area contributed by atoms with Crippen LogP contribution in [0.3, 0.4) is 0 Å². The zero-order valence-corrected chi connectivity index (χ0v) is 16.1. The maximum atomic E-state index is 11.7. The van der Waals surface area contributed by atoms with Crippen molar-refractivity contribution in [3.63, 3.8) is 0 Å². The summed E-state index contributed by atoms with van der Waals surface area (Å²) in [7, 11) is 0. The number of hydrogen-bond acceptors (Lipinski definition) is 5. The van der Waals surface area contributed by atoms with Crippen LogP contribution < -0.4 is 16.0 Å². The highest BCUT2D eigenvalue weighted by Gasteiger charge is 2.17. The highest BCUT2D eigenvalue weighted by Crippen LogP contribution is 2.13. The van der Waals surface area contributed by atoms with Crippen LogP contribution in [0.4, 0.5) is 15.3 Å². The van der Waals surface area contributed by atoms with Gasteiger partial charge in [-0.2, -0.15) is 0 Å². The summed E-state index contributed by atoms with van der Waals surface area (Å²) < 4.78 is 10.2. The molecule has 0 aliphatic rings. The first-order valence-corrected chi connectivity index (χ1v) is 8.25. The molecule has 0 radical (unpaired) electrons. The lowest BCUT2D eigenvalue weighted by Crippen LogP contribution is -2.42. The van der Waals surface area contributed by atoms with Crippen LogP contribution in [-0.4, -0.2) is 29.3 Å². The molecule has 1 aromatic rings. The van der Waals surface area contributed by atoms with Gasteiger partial charge in [0.15, 0.2) is 5.96 Å². The molecule has 0 aliphatic heterocycles. The van der Waals surface area contributed by atoms with Crippen molar-refractivity contribution in [2.45, 2.75) is 59.3 Å². The molecule has 0 aromatic heterocycles. The molecule has 4 N–H and O–H groups in total. The molecule has 0 aliphatic carbocycles. The second kappa shape index (κ2) is 8.55. The van der Waals surface area contributed by atoms with Gasteiger partial charge < -0.3 is 14.8 Å². The van der Waals surface area contributed by atoms with E-state index in [1.807, 2.05) is 0 Å². The fourth-order valence-corrected chi connectivity index (χ4v) is 1.77. The Morgan fingerprint density at radius 2 is 1.42 bits per heavy atom. The van der Waals surface area contributed by atoms with Crippen molar-refractivity contribution < 1.29 is 19.1 Å². The Hall–Kier alpha value is -2.77. The largest absolute Gasteiger partial charge is 0.444 e. The molecule has 0 atom stereocenters. The number of ether oxygens (including phenoxy) is 2. The summed E-state index contributed by atoms with van der Waals surface area (Å²) in [6.07, 6.45) is -1.21. The highest BCUT2D eigenvalue weighted by molar-refractivity contribution is 5.92. The average molecular weight is 364 g/mol. The van der Waals surface area contributed by atoms with E-state index in [1.165, 1.54) is 0 Å². The minimum Gasteiger partial charge on any atom is -0.444 e. The van der Waals surface area contributed by atoms with E-state index in [9.17, 15) is 9.59 Å². The monoisotopic (exact) mass is 364 g/mol. The Morgan fingerprint density at radius 3 is 1.92 bits per heavy atom. The number of carbonyl (C=O) groups excluding carboxylic acids is 2. The van der Waals surface area contributed by atoms with E-state index >= 15 is 0 Å². The number of nitrogens with one attached hydrogen (secondary N) is 4. The van der Waals surface area contributed by atoms with Crippen LogP contribution in [0.5, 0.6) is 0 Å². The molecule has 1 aromatic carbocycles. The van der Waals surface area contributed by atoms with Crippen LogP contribution in [0.25, 0.3) is 0 Å². The van der Waals surface area contributed by atoms with Crippen LogP contribution in [0, 0.1) is 5.41 Å². The second-order valence-electron chi connectivity index (χ2n) is 7.68. The zero-order valence-electron chi connectivity index (χ0n) is 16.1. The molecule has 0 saturated carbocycles. The van der Waals surface area contributed by atoms with Crippen LogP contribution >= 0.6 is 0 Å². The molecular weight excluding hydrogens is 336 g/mol. The van der Waals surface area contributed by atoms with Gasteiger partial charge in [0.25, 0.3) is 0 Å². The summed E-state index contributed by atoms with van der Waals surface area (Å²) in [5.74, 6) is -0.157. The fourth-order valence-electron chi connectivity index (χ4n) is 1.77. The molecule has 0 bridgehead atoms. The van der Waals surface area contributed by atoms with E-state index < -0.39 is 23.4 Å². The summed E-state index contributed by atoms with van der Waals surface area (Å²) >= 11 is 0. The maximum Gasteiger partial charge on any atom is 0.414 e. The topological polar surface area (TPSA) is 113 Å². The molecule has 144 valence electrons. The van der Waals surface area contributed by atoms with Crippen molar-refractivity contribution in [3.05, 3.63) is 29.8 Å². The van der Waals surface area contributed by atoms with Crippen molar-refractivity contribution >= 4 is 23.8 Å². The van der Waals surface area contributed by atoms with Crippen LogP contribution in [0.2, 0.25) is 0 Å². The molecule has 2 amide bonds. The van der Waals surface area contributed by atoms with Gasteiger partial charge in [-0.3, -0.25) is 16.0 Å². The van der Waals surface area contributed by atoms with E-state index in [4.69, 9.17) is 14.9 Å². The lowest BCUT2D eigenvalue weighted by molar-refractivity contribution is 0.0559. The zero-order chi connectivity index (χ0) is 20.0. The van der Waals surface area contributed by atoms with Gasteiger partial charge in [0, 0.05) is 12.2 Å². The summed E-state index contributed by atoms with van der Waals surface area (Å²) in [6, 6.07) is 7.04. The third-order valence-corrected chi connectivity index (χ3v) is 2.69. The van der Waals surface area contributed by atoms with Gasteiger partial charge >= 0.3 is 12.2 Å². The Balaban J connectivity index is 2.44. The molecule has 0 saturated heterocycles. The number of alkyl carbamates (subject to hydrolysis) is 1. The Labute approximate surface area is 154 Å². The number of anilines is 1. The lowest BCUT2D eigenvalue weighted by Gasteiger charge is -2.20. The summed E-state index contributed by atoms with van der Waals surface area (Å²) in [5, 5.41) is 15.4. The molecule has 1 rings (SSSR count). The van der Waals surface area contributed by atoms with Gasteiger partial charge in [0.2, 0.25) is 0 Å². The third kappa shape index (κ3) is 9.51. The molecule has 8 nitrogen and oxygen atoms in total. The van der Waals surface area contributed by atoms with Crippen LogP contribution in [0.1, 0.15) is 47.1 Å². The highest BCUT2D eigenvalue weighted by atomic mass is 16.6. The molecule has 0 fully saturated rings. The molecular formula is C18H28N4O4. The first-order chi connectivity index (χ1) is 11.8. The molecule has 0 heterocycles. The Kier molecular flexibility index (Phi) is 7.00. The van der Waals surface area contributed by atoms with Crippen molar-refractivity contribution in [2.24, 2.45) is 0 Å². The molecule has 0 unspecified atom stereocenters. The fraction of sp³-hybridized carbons (Fsp3) is 0.500. The number of hydrogen-bond donors (Lipinski definition) is 4. The van der Waals surface area contributed by atoms with E-state index in [0.29, 0.717) is 12.2 Å². The number of guanidine groups is 1. The summed E-state index contributed by atoms with van der Waals surface area (Å²) in [4.78, 5) is 23.3. The molecule has 26 heavy (non-hydrogen) atoms. The van der Waals surface area contributed by atoms with Crippen molar-refractivity contribution in [1.82, 2.24) is 10.6 Å². The van der Waals surface area contributed by atoms with Crippen LogP contribution in [0.15, 0.2) is 24.3 Å². The Bertz CT molecular complexity index is 643. The number of amides is 2. The van der Waals surface area contributed by atoms with Gasteiger partial charge in [0.05, 0.1) is 0 Å². The first kappa shape index (κ1) is 21.3. The first-order valence-electron chi connectivity index (χ1n) is 8.25. The van der Waals surface area contributed by atoms with E-state index in [2.05, 4.69) is 16.0 Å². The van der Waals surface area contributed by atoms with Crippen LogP contribution in [-0.2, 0) is 16.0 Å². The van der Waals surface area contributed by atoms with Gasteiger partial charge in [-0.05, 0) is 59.2 Å². The summed E-state index contributed by atoms with van der Waals surface area (Å²) in [6.45, 7) is 11.0. The minimum absolute atomic E-state index is 0.157. The second-order valence-corrected chi connectivity index (χ2v) is 7.68. The molecule has 8 heteroatoms.